The molecule has 0 unspecified atom stereocenters. The molecule has 0 fully saturated rings. The van der Waals surface area contributed by atoms with Crippen LogP contribution in [0.4, 0.5) is 5.69 Å². The van der Waals surface area contributed by atoms with Gasteiger partial charge in [-0.25, -0.2) is 4.98 Å². The van der Waals surface area contributed by atoms with Crippen LogP contribution in [-0.2, 0) is 6.54 Å². The van der Waals surface area contributed by atoms with Crippen LogP contribution in [0.5, 0.6) is 11.6 Å². The van der Waals surface area contributed by atoms with Gasteiger partial charge >= 0.3 is 0 Å². The Hall–Kier alpha value is -1.99. The Morgan fingerprint density at radius 3 is 2.95 bits per heavy atom. The first-order valence-corrected chi connectivity index (χ1v) is 6.61. The third kappa shape index (κ3) is 3.31. The minimum Gasteiger partial charge on any atom is -0.437 e. The first-order chi connectivity index (χ1) is 9.61. The molecule has 2 aromatic rings. The maximum Gasteiger partial charge on any atom is 0.273 e. The van der Waals surface area contributed by atoms with Gasteiger partial charge in [0.2, 0.25) is 5.88 Å². The summed E-state index contributed by atoms with van der Waals surface area (Å²) >= 11 is 3.31. The largest absolute Gasteiger partial charge is 0.437 e. The van der Waals surface area contributed by atoms with Crippen molar-refractivity contribution in [3.8, 4) is 11.6 Å². The number of aromatic nitrogens is 1. The van der Waals surface area contributed by atoms with Crippen LogP contribution in [0.25, 0.3) is 0 Å². The summed E-state index contributed by atoms with van der Waals surface area (Å²) in [5.74, 6) is 0.776. The molecule has 2 rings (SSSR count). The molecule has 0 bridgehead atoms. The summed E-state index contributed by atoms with van der Waals surface area (Å²) < 4.78 is 6.31. The lowest BCUT2D eigenvalue weighted by Gasteiger charge is -2.10. The first kappa shape index (κ1) is 14.4. The van der Waals surface area contributed by atoms with Crippen LogP contribution in [-0.4, -0.2) is 17.0 Å². The third-order valence-corrected chi connectivity index (χ3v) is 3.20. The summed E-state index contributed by atoms with van der Waals surface area (Å²) in [4.78, 5) is 14.5. The van der Waals surface area contributed by atoms with Crippen molar-refractivity contribution in [2.24, 2.45) is 0 Å². The number of nitrogens with zero attached hydrogens (tertiary/aromatic N) is 2. The highest BCUT2D eigenvalue weighted by atomic mass is 79.9. The second-order valence-corrected chi connectivity index (χ2v) is 4.83. The minimum atomic E-state index is -0.466. The Morgan fingerprint density at radius 2 is 2.25 bits per heavy atom. The lowest BCUT2D eigenvalue weighted by atomic mass is 10.2. The molecule has 0 saturated carbocycles. The zero-order valence-electron chi connectivity index (χ0n) is 10.7. The van der Waals surface area contributed by atoms with Gasteiger partial charge in [0.15, 0.2) is 5.75 Å². The summed E-state index contributed by atoms with van der Waals surface area (Å²) in [6.45, 7) is 0.593. The molecule has 1 N–H and O–H groups in total. The molecule has 6 nitrogen and oxygen atoms in total. The monoisotopic (exact) mass is 337 g/mol. The van der Waals surface area contributed by atoms with Crippen molar-refractivity contribution in [3.05, 3.63) is 56.7 Å². The molecule has 0 radical (unpaired) electrons. The summed E-state index contributed by atoms with van der Waals surface area (Å²) in [5.41, 5.74) is 0.836. The highest BCUT2D eigenvalue weighted by Gasteiger charge is 2.13. The van der Waals surface area contributed by atoms with Crippen molar-refractivity contribution in [2.45, 2.75) is 6.54 Å². The zero-order chi connectivity index (χ0) is 14.5. The van der Waals surface area contributed by atoms with Gasteiger partial charge in [-0.2, -0.15) is 0 Å². The Bertz CT molecular complexity index is 634. The van der Waals surface area contributed by atoms with Gasteiger partial charge in [0.05, 0.1) is 15.5 Å². The molecule has 0 aliphatic rings. The SMILES string of the molecule is CNCc1cccnc1Oc1cc([N+](=O)[O-])ccc1Br. The molecule has 0 aliphatic heterocycles. The van der Waals surface area contributed by atoms with Gasteiger partial charge in [-0.3, -0.25) is 10.1 Å². The van der Waals surface area contributed by atoms with Crippen molar-refractivity contribution in [2.75, 3.05) is 7.05 Å². The van der Waals surface area contributed by atoms with Crippen molar-refractivity contribution in [3.63, 3.8) is 0 Å². The van der Waals surface area contributed by atoms with E-state index in [0.717, 1.165) is 5.56 Å². The molecule has 0 aliphatic carbocycles. The number of ether oxygens (including phenoxy) is 1. The molecule has 0 atom stereocenters. The molecule has 0 amide bonds. The van der Waals surface area contributed by atoms with E-state index in [1.165, 1.54) is 12.1 Å². The van der Waals surface area contributed by atoms with E-state index in [9.17, 15) is 10.1 Å². The van der Waals surface area contributed by atoms with E-state index in [4.69, 9.17) is 4.74 Å². The Balaban J connectivity index is 2.34. The normalized spacial score (nSPS) is 10.3. The predicted octanol–water partition coefficient (Wildman–Crippen LogP) is 3.26. The number of pyridine rings is 1. The molecule has 0 saturated heterocycles. The summed E-state index contributed by atoms with van der Waals surface area (Å²) in [6.07, 6.45) is 1.61. The van der Waals surface area contributed by atoms with Crippen LogP contribution >= 0.6 is 15.9 Å². The van der Waals surface area contributed by atoms with Gasteiger partial charge in [-0.15, -0.1) is 0 Å². The summed E-state index contributed by atoms with van der Waals surface area (Å²) in [6, 6.07) is 8.03. The summed E-state index contributed by atoms with van der Waals surface area (Å²) in [5, 5.41) is 13.8. The van der Waals surface area contributed by atoms with Crippen molar-refractivity contribution >= 4 is 21.6 Å². The number of rotatable bonds is 5. The number of hydrogen-bond acceptors (Lipinski definition) is 5. The molecule has 104 valence electrons. The van der Waals surface area contributed by atoms with E-state index < -0.39 is 4.92 Å². The fourth-order valence-electron chi connectivity index (χ4n) is 1.63. The van der Waals surface area contributed by atoms with Crippen molar-refractivity contribution < 1.29 is 9.66 Å². The number of benzene rings is 1. The van der Waals surface area contributed by atoms with Gasteiger partial charge in [-0.1, -0.05) is 6.07 Å². The number of non-ortho nitro benzene ring substituents is 1. The summed E-state index contributed by atoms with van der Waals surface area (Å²) in [7, 11) is 1.82. The number of nitrogens with one attached hydrogen (secondary N) is 1. The van der Waals surface area contributed by atoms with Gasteiger partial charge in [-0.05, 0) is 35.1 Å². The van der Waals surface area contributed by atoms with Crippen LogP contribution in [0, 0.1) is 10.1 Å². The van der Waals surface area contributed by atoms with Gasteiger partial charge < -0.3 is 10.1 Å². The van der Waals surface area contributed by atoms with Gasteiger partial charge in [0, 0.05) is 24.4 Å². The van der Waals surface area contributed by atoms with Crippen molar-refractivity contribution in [1.82, 2.24) is 10.3 Å². The maximum atomic E-state index is 10.8. The average molecular weight is 338 g/mol. The molecular weight excluding hydrogens is 326 g/mol. The van der Waals surface area contributed by atoms with Crippen LogP contribution in [0.3, 0.4) is 0 Å². The first-order valence-electron chi connectivity index (χ1n) is 5.82. The van der Waals surface area contributed by atoms with Crippen LogP contribution in [0.15, 0.2) is 41.0 Å². The second-order valence-electron chi connectivity index (χ2n) is 3.97. The molecule has 0 spiro atoms. The van der Waals surface area contributed by atoms with E-state index in [1.54, 1.807) is 12.3 Å². The molecular formula is C13H12BrN3O3. The second kappa shape index (κ2) is 6.44. The van der Waals surface area contributed by atoms with Crippen LogP contribution in [0.2, 0.25) is 0 Å². The lowest BCUT2D eigenvalue weighted by Crippen LogP contribution is -2.07. The van der Waals surface area contributed by atoms with E-state index in [-0.39, 0.29) is 5.69 Å². The van der Waals surface area contributed by atoms with Crippen LogP contribution in [0.1, 0.15) is 5.56 Å². The average Bonchev–Trinajstić information content (AvgIpc) is 2.43. The Morgan fingerprint density at radius 1 is 1.45 bits per heavy atom. The third-order valence-electron chi connectivity index (χ3n) is 2.55. The Kier molecular flexibility index (Phi) is 4.65. The predicted molar refractivity (Wildman–Crippen MR) is 77.9 cm³/mol. The van der Waals surface area contributed by atoms with E-state index >= 15 is 0 Å². The van der Waals surface area contributed by atoms with Crippen LogP contribution < -0.4 is 10.1 Å². The quantitative estimate of drug-likeness (QED) is 0.669. The molecule has 7 heteroatoms. The number of nitro groups is 1. The van der Waals surface area contributed by atoms with Gasteiger partial charge in [0.1, 0.15) is 0 Å². The fourth-order valence-corrected chi connectivity index (χ4v) is 1.96. The topological polar surface area (TPSA) is 77.3 Å². The fraction of sp³-hybridized carbons (Fsp3) is 0.154. The smallest absolute Gasteiger partial charge is 0.273 e. The number of halogens is 1. The highest BCUT2D eigenvalue weighted by Crippen LogP contribution is 2.33. The van der Waals surface area contributed by atoms with Crippen molar-refractivity contribution in [1.29, 1.82) is 0 Å². The zero-order valence-corrected chi connectivity index (χ0v) is 12.3. The van der Waals surface area contributed by atoms with E-state index in [1.807, 2.05) is 19.2 Å². The molecule has 1 aromatic carbocycles. The number of hydrogen-bond donors (Lipinski definition) is 1. The lowest BCUT2D eigenvalue weighted by molar-refractivity contribution is -0.384. The minimum absolute atomic E-state index is 0.0331. The maximum absolute atomic E-state index is 10.8. The highest BCUT2D eigenvalue weighted by molar-refractivity contribution is 9.10. The molecule has 1 aromatic heterocycles. The molecule has 20 heavy (non-hydrogen) atoms. The Labute approximate surface area is 124 Å². The van der Waals surface area contributed by atoms with Gasteiger partial charge in [0.25, 0.3) is 5.69 Å². The number of nitro benzene ring substituents is 1. The molecule has 1 heterocycles. The van der Waals surface area contributed by atoms with E-state index in [2.05, 4.69) is 26.2 Å². The van der Waals surface area contributed by atoms with E-state index in [0.29, 0.717) is 22.6 Å². The standard InChI is InChI=1S/C13H12BrN3O3/c1-15-8-9-3-2-6-16-13(9)20-12-7-10(17(18)19)4-5-11(12)14/h2-7,15H,8H2,1H3.